The third kappa shape index (κ3) is 3.22. The summed E-state index contributed by atoms with van der Waals surface area (Å²) in [5, 5.41) is 9.80. The number of hydrogen-bond acceptors (Lipinski definition) is 2. The first-order valence-electron chi connectivity index (χ1n) is 6.48. The van der Waals surface area contributed by atoms with Crippen molar-refractivity contribution in [3.8, 4) is 5.75 Å². The first-order valence-corrected chi connectivity index (χ1v) is 6.48. The maximum absolute atomic E-state index is 12.0. The lowest BCUT2D eigenvalue weighted by Crippen LogP contribution is -2.08. The molecular weight excluding hydrogens is 236 g/mol. The van der Waals surface area contributed by atoms with E-state index in [9.17, 15) is 9.90 Å². The number of hydrogen-bond donors (Lipinski definition) is 1. The third-order valence-electron chi connectivity index (χ3n) is 3.10. The van der Waals surface area contributed by atoms with Crippen molar-refractivity contribution in [3.05, 3.63) is 65.2 Å². The second-order valence-electron chi connectivity index (χ2n) is 5.03. The molecule has 0 aliphatic rings. The molecule has 0 bridgehead atoms. The summed E-state index contributed by atoms with van der Waals surface area (Å²) in [5.74, 6) is -0.0687. The predicted molar refractivity (Wildman–Crippen MR) is 76.5 cm³/mol. The summed E-state index contributed by atoms with van der Waals surface area (Å²) in [6.45, 7) is 3.68. The Balaban J connectivity index is 2.29. The smallest absolute Gasteiger partial charge is 0.169 e. The first-order chi connectivity index (χ1) is 9.08. The Hall–Kier alpha value is -2.09. The van der Waals surface area contributed by atoms with Gasteiger partial charge in [-0.2, -0.15) is 0 Å². The highest BCUT2D eigenvalue weighted by molar-refractivity contribution is 5.99. The molecule has 19 heavy (non-hydrogen) atoms. The van der Waals surface area contributed by atoms with Crippen LogP contribution in [0.1, 0.15) is 35.3 Å². The number of rotatable bonds is 4. The van der Waals surface area contributed by atoms with Crippen LogP contribution in [0.15, 0.2) is 48.5 Å². The van der Waals surface area contributed by atoms with Gasteiger partial charge in [0.25, 0.3) is 0 Å². The minimum Gasteiger partial charge on any atom is -0.507 e. The van der Waals surface area contributed by atoms with Gasteiger partial charge >= 0.3 is 0 Å². The van der Waals surface area contributed by atoms with Crippen molar-refractivity contribution in [3.63, 3.8) is 0 Å². The average molecular weight is 254 g/mol. The fraction of sp³-hybridized carbons (Fsp3) is 0.235. The lowest BCUT2D eigenvalue weighted by Gasteiger charge is -2.09. The van der Waals surface area contributed by atoms with Crippen molar-refractivity contribution in [2.45, 2.75) is 20.3 Å². The summed E-state index contributed by atoms with van der Waals surface area (Å²) in [5.41, 5.74) is 2.65. The number of phenols is 1. The summed E-state index contributed by atoms with van der Waals surface area (Å²) in [4.78, 5) is 12.0. The van der Waals surface area contributed by atoms with Crippen molar-refractivity contribution in [2.75, 3.05) is 0 Å². The van der Waals surface area contributed by atoms with Gasteiger partial charge in [0.05, 0.1) is 5.56 Å². The maximum atomic E-state index is 12.0. The van der Waals surface area contributed by atoms with Crippen LogP contribution in [0.2, 0.25) is 0 Å². The van der Waals surface area contributed by atoms with E-state index in [-0.39, 0.29) is 17.5 Å². The molecule has 0 spiro atoms. The number of phenolic OH excluding ortho intramolecular Hbond substituents is 1. The molecule has 0 aliphatic heterocycles. The Morgan fingerprint density at radius 3 is 2.37 bits per heavy atom. The molecule has 0 radical (unpaired) electrons. The Kier molecular flexibility index (Phi) is 4.00. The SMILES string of the molecule is CC(C)C(=O)c1cc(Cc2ccccc2)ccc1O. The highest BCUT2D eigenvalue weighted by Crippen LogP contribution is 2.23. The molecule has 0 saturated carbocycles. The summed E-state index contributed by atoms with van der Waals surface area (Å²) < 4.78 is 0. The lowest BCUT2D eigenvalue weighted by atomic mass is 9.96. The van der Waals surface area contributed by atoms with Crippen LogP contribution in [0, 0.1) is 5.92 Å². The number of ketones is 1. The standard InChI is InChI=1S/C17H18O2/c1-12(2)17(19)15-11-14(8-9-16(15)18)10-13-6-4-3-5-7-13/h3-9,11-12,18H,10H2,1-2H3. The number of benzene rings is 2. The Morgan fingerprint density at radius 2 is 1.74 bits per heavy atom. The molecule has 98 valence electrons. The largest absolute Gasteiger partial charge is 0.507 e. The summed E-state index contributed by atoms with van der Waals surface area (Å²) >= 11 is 0. The first kappa shape index (κ1) is 13.3. The molecule has 2 rings (SSSR count). The van der Waals surface area contributed by atoms with Crippen LogP contribution >= 0.6 is 0 Å². The number of Topliss-reactive ketones (excluding diaryl/α,β-unsaturated/α-hetero) is 1. The van der Waals surface area contributed by atoms with E-state index < -0.39 is 0 Å². The quantitative estimate of drug-likeness (QED) is 0.842. The van der Waals surface area contributed by atoms with Crippen molar-refractivity contribution in [1.29, 1.82) is 0 Å². The monoisotopic (exact) mass is 254 g/mol. The van der Waals surface area contributed by atoms with Gasteiger partial charge in [-0.15, -0.1) is 0 Å². The van der Waals surface area contributed by atoms with Gasteiger partial charge in [-0.25, -0.2) is 0 Å². The van der Waals surface area contributed by atoms with Gasteiger partial charge in [-0.3, -0.25) is 4.79 Å². The molecule has 0 aliphatic carbocycles. The molecule has 0 aromatic heterocycles. The molecule has 2 nitrogen and oxygen atoms in total. The molecule has 0 amide bonds. The number of carbonyl (C=O) groups excluding carboxylic acids is 1. The molecule has 2 aromatic carbocycles. The van der Waals surface area contributed by atoms with Crippen LogP contribution < -0.4 is 0 Å². The van der Waals surface area contributed by atoms with E-state index in [0.717, 1.165) is 12.0 Å². The van der Waals surface area contributed by atoms with E-state index in [2.05, 4.69) is 12.1 Å². The van der Waals surface area contributed by atoms with Crippen LogP contribution in [0.25, 0.3) is 0 Å². The summed E-state index contributed by atoms with van der Waals surface area (Å²) in [6, 6.07) is 15.3. The van der Waals surface area contributed by atoms with Crippen LogP contribution in [-0.2, 0) is 6.42 Å². The van der Waals surface area contributed by atoms with Crippen LogP contribution in [0.5, 0.6) is 5.75 Å². The zero-order valence-corrected chi connectivity index (χ0v) is 11.3. The Bertz CT molecular complexity index is 571. The normalized spacial score (nSPS) is 10.7. The van der Waals surface area contributed by atoms with Crippen LogP contribution in [0.3, 0.4) is 0 Å². The maximum Gasteiger partial charge on any atom is 0.169 e. The van der Waals surface area contributed by atoms with E-state index in [0.29, 0.717) is 5.56 Å². The van der Waals surface area contributed by atoms with Crippen LogP contribution in [-0.4, -0.2) is 10.9 Å². The molecule has 1 N–H and O–H groups in total. The van der Waals surface area contributed by atoms with E-state index in [1.165, 1.54) is 5.56 Å². The lowest BCUT2D eigenvalue weighted by molar-refractivity contribution is 0.0936. The van der Waals surface area contributed by atoms with Gasteiger partial charge in [-0.1, -0.05) is 50.2 Å². The highest BCUT2D eigenvalue weighted by Gasteiger charge is 2.15. The molecule has 2 aromatic rings. The van der Waals surface area contributed by atoms with Gasteiger partial charge < -0.3 is 5.11 Å². The minimum absolute atomic E-state index is 0.0209. The zero-order valence-electron chi connectivity index (χ0n) is 11.3. The number of carbonyl (C=O) groups is 1. The van der Waals surface area contributed by atoms with E-state index in [1.54, 1.807) is 12.1 Å². The van der Waals surface area contributed by atoms with Crippen molar-refractivity contribution in [2.24, 2.45) is 5.92 Å². The average Bonchev–Trinajstić information content (AvgIpc) is 2.41. The molecular formula is C17H18O2. The summed E-state index contributed by atoms with van der Waals surface area (Å²) in [6.07, 6.45) is 0.763. The Morgan fingerprint density at radius 1 is 1.05 bits per heavy atom. The minimum atomic E-state index is -0.113. The third-order valence-corrected chi connectivity index (χ3v) is 3.10. The van der Waals surface area contributed by atoms with Crippen molar-refractivity contribution < 1.29 is 9.90 Å². The van der Waals surface area contributed by atoms with Gasteiger partial charge in [0, 0.05) is 5.92 Å². The predicted octanol–water partition coefficient (Wildman–Crippen LogP) is 3.82. The second-order valence-corrected chi connectivity index (χ2v) is 5.03. The van der Waals surface area contributed by atoms with Gasteiger partial charge in [0.15, 0.2) is 5.78 Å². The van der Waals surface area contributed by atoms with Gasteiger partial charge in [0.1, 0.15) is 5.75 Å². The second kappa shape index (κ2) is 5.70. The number of aromatic hydroxyl groups is 1. The zero-order chi connectivity index (χ0) is 13.8. The molecule has 0 saturated heterocycles. The fourth-order valence-corrected chi connectivity index (χ4v) is 2.03. The van der Waals surface area contributed by atoms with E-state index in [1.807, 2.05) is 38.1 Å². The van der Waals surface area contributed by atoms with Gasteiger partial charge in [-0.05, 0) is 29.7 Å². The fourth-order valence-electron chi connectivity index (χ4n) is 2.03. The van der Waals surface area contributed by atoms with E-state index in [4.69, 9.17) is 0 Å². The molecule has 0 unspecified atom stereocenters. The molecule has 0 heterocycles. The topological polar surface area (TPSA) is 37.3 Å². The van der Waals surface area contributed by atoms with Crippen molar-refractivity contribution in [1.82, 2.24) is 0 Å². The molecule has 0 atom stereocenters. The molecule has 0 fully saturated rings. The Labute approximate surface area is 113 Å². The van der Waals surface area contributed by atoms with Crippen molar-refractivity contribution >= 4 is 5.78 Å². The summed E-state index contributed by atoms with van der Waals surface area (Å²) in [7, 11) is 0. The van der Waals surface area contributed by atoms with Gasteiger partial charge in [0.2, 0.25) is 0 Å². The highest BCUT2D eigenvalue weighted by atomic mass is 16.3. The van der Waals surface area contributed by atoms with E-state index >= 15 is 0 Å². The molecule has 2 heteroatoms. The van der Waals surface area contributed by atoms with Crippen LogP contribution in [0.4, 0.5) is 0 Å².